The third-order valence-electron chi connectivity index (χ3n) is 4.39. The molecular weight excluding hydrogens is 413 g/mol. The summed E-state index contributed by atoms with van der Waals surface area (Å²) >= 11 is 12.2. The lowest BCUT2D eigenvalue weighted by atomic mass is 10.0. The molecule has 3 rings (SSSR count). The molecule has 1 aliphatic rings. The van der Waals surface area contributed by atoms with E-state index >= 15 is 0 Å². The minimum Gasteiger partial charge on any atom is -0.333 e. The van der Waals surface area contributed by atoms with Gasteiger partial charge in [0.2, 0.25) is 5.91 Å². The number of benzene rings is 2. The number of amides is 1. The van der Waals surface area contributed by atoms with Crippen molar-refractivity contribution in [2.45, 2.75) is 12.5 Å². The van der Waals surface area contributed by atoms with Crippen molar-refractivity contribution in [3.63, 3.8) is 0 Å². The van der Waals surface area contributed by atoms with Crippen molar-refractivity contribution >= 4 is 47.2 Å². The molecule has 1 N–H and O–H groups in total. The molecule has 9 heteroatoms. The fraction of sp³-hybridized carbons (Fsp3) is 0.278. The van der Waals surface area contributed by atoms with E-state index in [0.717, 1.165) is 5.56 Å². The lowest BCUT2D eigenvalue weighted by Gasteiger charge is -2.37. The predicted molar refractivity (Wildman–Crippen MR) is 108 cm³/mol. The van der Waals surface area contributed by atoms with Crippen LogP contribution in [-0.4, -0.2) is 35.4 Å². The third-order valence-corrected chi connectivity index (χ3v) is 4.97. The van der Waals surface area contributed by atoms with Gasteiger partial charge in [-0.3, -0.25) is 14.9 Å². The van der Waals surface area contributed by atoms with E-state index in [9.17, 15) is 14.9 Å². The topological polar surface area (TPSA) is 75.5 Å². The van der Waals surface area contributed by atoms with Crippen LogP contribution in [0.2, 0.25) is 10.0 Å². The summed E-state index contributed by atoms with van der Waals surface area (Å²) in [6, 6.07) is 11.5. The quantitative estimate of drug-likeness (QED) is 0.587. The van der Waals surface area contributed by atoms with Crippen LogP contribution in [0.3, 0.4) is 0 Å². The average molecular weight is 431 g/mol. The van der Waals surface area contributed by atoms with Crippen molar-refractivity contribution in [3.8, 4) is 0 Å². The Morgan fingerprint density at radius 3 is 2.70 bits per heavy atom. The second-order valence-electron chi connectivity index (χ2n) is 6.07. The summed E-state index contributed by atoms with van der Waals surface area (Å²) in [7, 11) is 0. The van der Waals surface area contributed by atoms with E-state index in [1.807, 2.05) is 18.2 Å². The highest BCUT2D eigenvalue weighted by atomic mass is 35.5. The summed E-state index contributed by atoms with van der Waals surface area (Å²) in [5.41, 5.74) is 1.45. The Kier molecular flexibility index (Phi) is 7.44. The van der Waals surface area contributed by atoms with E-state index in [1.165, 1.54) is 18.2 Å². The van der Waals surface area contributed by atoms with E-state index < -0.39 is 4.92 Å². The SMILES string of the molecule is Cl.O=C(Cc1ccc([N+](=O)[O-])cc1Cl)N1CCNCC1c1cccc(Cl)c1. The molecule has 1 amide bonds. The van der Waals surface area contributed by atoms with E-state index in [0.29, 0.717) is 30.2 Å². The molecule has 1 saturated heterocycles. The van der Waals surface area contributed by atoms with Crippen molar-refractivity contribution in [3.05, 3.63) is 73.8 Å². The van der Waals surface area contributed by atoms with Gasteiger partial charge in [-0.05, 0) is 23.3 Å². The maximum Gasteiger partial charge on any atom is 0.270 e. The largest absolute Gasteiger partial charge is 0.333 e. The highest BCUT2D eigenvalue weighted by Crippen LogP contribution is 2.27. The van der Waals surface area contributed by atoms with Crippen LogP contribution < -0.4 is 5.32 Å². The Bertz CT molecular complexity index is 848. The number of piperazine rings is 1. The van der Waals surface area contributed by atoms with Crippen LogP contribution in [0.15, 0.2) is 42.5 Å². The molecule has 0 bridgehead atoms. The molecule has 1 aliphatic heterocycles. The molecule has 27 heavy (non-hydrogen) atoms. The van der Waals surface area contributed by atoms with Gasteiger partial charge in [-0.25, -0.2) is 0 Å². The highest BCUT2D eigenvalue weighted by Gasteiger charge is 2.28. The van der Waals surface area contributed by atoms with Gasteiger partial charge >= 0.3 is 0 Å². The van der Waals surface area contributed by atoms with Crippen LogP contribution in [0.1, 0.15) is 17.2 Å². The Hall–Kier alpha value is -1.86. The fourth-order valence-corrected chi connectivity index (χ4v) is 3.51. The van der Waals surface area contributed by atoms with Crippen molar-refractivity contribution in [2.75, 3.05) is 19.6 Å². The van der Waals surface area contributed by atoms with Crippen molar-refractivity contribution in [2.24, 2.45) is 0 Å². The first-order valence-corrected chi connectivity index (χ1v) is 8.90. The smallest absolute Gasteiger partial charge is 0.270 e. The zero-order valence-electron chi connectivity index (χ0n) is 14.2. The van der Waals surface area contributed by atoms with Gasteiger partial charge in [0.25, 0.3) is 5.69 Å². The maximum absolute atomic E-state index is 12.9. The number of nitrogens with zero attached hydrogens (tertiary/aromatic N) is 2. The molecule has 0 aromatic heterocycles. The molecule has 1 atom stereocenters. The molecule has 0 spiro atoms. The van der Waals surface area contributed by atoms with E-state index in [2.05, 4.69) is 5.32 Å². The van der Waals surface area contributed by atoms with Crippen molar-refractivity contribution < 1.29 is 9.72 Å². The van der Waals surface area contributed by atoms with E-state index in [1.54, 1.807) is 11.0 Å². The number of halogens is 3. The number of nitro groups is 1. The van der Waals surface area contributed by atoms with Gasteiger partial charge in [0.1, 0.15) is 0 Å². The number of non-ortho nitro benzene ring substituents is 1. The minimum absolute atomic E-state index is 0. The van der Waals surface area contributed by atoms with Gasteiger partial charge < -0.3 is 10.2 Å². The highest BCUT2D eigenvalue weighted by molar-refractivity contribution is 6.31. The van der Waals surface area contributed by atoms with Gasteiger partial charge in [-0.1, -0.05) is 41.4 Å². The van der Waals surface area contributed by atoms with Crippen LogP contribution in [-0.2, 0) is 11.2 Å². The van der Waals surface area contributed by atoms with Crippen LogP contribution in [0, 0.1) is 10.1 Å². The molecule has 2 aromatic carbocycles. The lowest BCUT2D eigenvalue weighted by Crippen LogP contribution is -2.49. The number of nitro benzene ring substituents is 1. The van der Waals surface area contributed by atoms with Crippen LogP contribution in [0.25, 0.3) is 0 Å². The summed E-state index contributed by atoms with van der Waals surface area (Å²) in [4.78, 5) is 25.0. The molecule has 1 unspecified atom stereocenters. The number of hydrogen-bond donors (Lipinski definition) is 1. The van der Waals surface area contributed by atoms with E-state index in [4.69, 9.17) is 23.2 Å². The number of nitrogens with one attached hydrogen (secondary N) is 1. The number of carbonyl (C=O) groups is 1. The van der Waals surface area contributed by atoms with Gasteiger partial charge in [0, 0.05) is 36.8 Å². The Balaban J connectivity index is 0.00000261. The summed E-state index contributed by atoms with van der Waals surface area (Å²) in [5, 5.41) is 15.0. The van der Waals surface area contributed by atoms with Gasteiger partial charge in [-0.2, -0.15) is 0 Å². The first-order valence-electron chi connectivity index (χ1n) is 8.14. The van der Waals surface area contributed by atoms with Crippen LogP contribution >= 0.6 is 35.6 Å². The van der Waals surface area contributed by atoms with Gasteiger partial charge in [0.15, 0.2) is 0 Å². The zero-order valence-corrected chi connectivity index (χ0v) is 16.6. The number of rotatable bonds is 4. The molecule has 6 nitrogen and oxygen atoms in total. The standard InChI is InChI=1S/C18H17Cl2N3O3.ClH/c19-14-3-1-2-13(8-14)17-11-21-6-7-22(17)18(24)9-12-4-5-15(23(25)26)10-16(12)20;/h1-5,8,10,17,21H,6-7,9,11H2;1H. The number of carbonyl (C=O) groups excluding carboxylic acids is 1. The maximum atomic E-state index is 12.9. The predicted octanol–water partition coefficient (Wildman–Crippen LogP) is 4.04. The molecule has 1 heterocycles. The Morgan fingerprint density at radius 1 is 1.26 bits per heavy atom. The molecular formula is C18H18Cl3N3O3. The minimum atomic E-state index is -0.511. The number of hydrogen-bond acceptors (Lipinski definition) is 4. The van der Waals surface area contributed by atoms with Crippen LogP contribution in [0.5, 0.6) is 0 Å². The molecule has 0 aliphatic carbocycles. The zero-order chi connectivity index (χ0) is 18.7. The fourth-order valence-electron chi connectivity index (χ4n) is 3.07. The van der Waals surface area contributed by atoms with E-state index in [-0.39, 0.29) is 41.5 Å². The molecule has 1 fully saturated rings. The van der Waals surface area contributed by atoms with Gasteiger partial charge in [-0.15, -0.1) is 12.4 Å². The second kappa shape index (κ2) is 9.37. The molecule has 144 valence electrons. The summed E-state index contributed by atoms with van der Waals surface area (Å²) in [6.45, 7) is 1.91. The summed E-state index contributed by atoms with van der Waals surface area (Å²) in [6.07, 6.45) is 0.0912. The normalized spacial score (nSPS) is 16.5. The van der Waals surface area contributed by atoms with Crippen LogP contribution in [0.4, 0.5) is 5.69 Å². The summed E-state index contributed by atoms with van der Waals surface area (Å²) < 4.78 is 0. The Morgan fingerprint density at radius 2 is 2.04 bits per heavy atom. The Labute approximate surface area is 173 Å². The second-order valence-corrected chi connectivity index (χ2v) is 6.92. The van der Waals surface area contributed by atoms with Crippen molar-refractivity contribution in [1.82, 2.24) is 10.2 Å². The first kappa shape index (κ1) is 21.4. The third kappa shape index (κ3) is 5.11. The molecule has 0 radical (unpaired) electrons. The monoisotopic (exact) mass is 429 g/mol. The summed E-state index contributed by atoms with van der Waals surface area (Å²) in [5.74, 6) is -0.0766. The average Bonchev–Trinajstić information content (AvgIpc) is 2.63. The van der Waals surface area contributed by atoms with Crippen molar-refractivity contribution in [1.29, 1.82) is 0 Å². The van der Waals surface area contributed by atoms with Gasteiger partial charge in [0.05, 0.1) is 22.4 Å². The first-order chi connectivity index (χ1) is 12.5. The molecule has 0 saturated carbocycles. The molecule has 2 aromatic rings. The lowest BCUT2D eigenvalue weighted by molar-refractivity contribution is -0.384.